The van der Waals surface area contributed by atoms with E-state index >= 15 is 0 Å². The summed E-state index contributed by atoms with van der Waals surface area (Å²) >= 11 is 11.9. The van der Waals surface area contributed by atoms with Crippen molar-refractivity contribution in [3.8, 4) is 0 Å². The van der Waals surface area contributed by atoms with E-state index in [1.165, 1.54) is 4.31 Å². The van der Waals surface area contributed by atoms with Gasteiger partial charge in [0.1, 0.15) is 0 Å². The number of nitrogens with one attached hydrogen (secondary N) is 2. The number of rotatable bonds is 8. The molecule has 0 radical (unpaired) electrons. The molecule has 0 saturated carbocycles. The van der Waals surface area contributed by atoms with E-state index in [1.54, 1.807) is 60.9 Å². The average Bonchev–Trinajstić information content (AvgIpc) is 2.90. The van der Waals surface area contributed by atoms with Gasteiger partial charge in [-0.15, -0.1) is 0 Å². The molecule has 194 valence electrons. The lowest BCUT2D eigenvalue weighted by molar-refractivity contribution is -0.120. The minimum atomic E-state index is -3.58. The number of sulfonamides is 1. The first-order valence-corrected chi connectivity index (χ1v) is 14.1. The maximum absolute atomic E-state index is 13.0. The Hall–Kier alpha value is -2.98. The standard InChI is InChI=1S/C26H26Cl2N4O4S/c27-22-8-7-18(14-23(22)28)17-37(35,36)32-12-9-20(10-13-32)25(33)31-24-6-2-1-5-21(24)26(34)30-16-19-4-3-11-29-15-19/h1-8,11,14-15,20H,9-10,12-13,16-17H2,(H,30,34)(H,31,33). The molecule has 11 heteroatoms. The molecule has 8 nitrogen and oxygen atoms in total. The number of pyridine rings is 1. The molecule has 0 aliphatic carbocycles. The molecule has 1 saturated heterocycles. The van der Waals surface area contributed by atoms with Gasteiger partial charge in [0.05, 0.1) is 27.0 Å². The molecular formula is C26H26Cl2N4O4S. The van der Waals surface area contributed by atoms with Gasteiger partial charge in [-0.05, 0) is 54.3 Å². The molecule has 2 heterocycles. The van der Waals surface area contributed by atoms with Crippen LogP contribution in [0.4, 0.5) is 5.69 Å². The van der Waals surface area contributed by atoms with E-state index in [-0.39, 0.29) is 36.6 Å². The van der Waals surface area contributed by atoms with E-state index in [9.17, 15) is 18.0 Å². The third kappa shape index (κ3) is 7.07. The Morgan fingerprint density at radius 3 is 2.43 bits per heavy atom. The highest BCUT2D eigenvalue weighted by molar-refractivity contribution is 7.88. The maximum atomic E-state index is 13.0. The summed E-state index contributed by atoms with van der Waals surface area (Å²) in [5.74, 6) is -1.12. The summed E-state index contributed by atoms with van der Waals surface area (Å²) in [6, 6.07) is 15.2. The van der Waals surface area contributed by atoms with Crippen molar-refractivity contribution in [1.29, 1.82) is 0 Å². The quantitative estimate of drug-likeness (QED) is 0.421. The lowest BCUT2D eigenvalue weighted by Gasteiger charge is -2.30. The Balaban J connectivity index is 1.33. The number of anilines is 1. The summed E-state index contributed by atoms with van der Waals surface area (Å²) < 4.78 is 27.2. The number of piperidine rings is 1. The van der Waals surface area contributed by atoms with E-state index in [4.69, 9.17) is 23.2 Å². The molecule has 37 heavy (non-hydrogen) atoms. The van der Waals surface area contributed by atoms with Crippen LogP contribution in [0.15, 0.2) is 67.0 Å². The van der Waals surface area contributed by atoms with Crippen LogP contribution in [0.3, 0.4) is 0 Å². The predicted octanol–water partition coefficient (Wildman–Crippen LogP) is 4.50. The Morgan fingerprint density at radius 2 is 1.73 bits per heavy atom. The number of carbonyl (C=O) groups excluding carboxylic acids is 2. The van der Waals surface area contributed by atoms with E-state index < -0.39 is 10.0 Å². The van der Waals surface area contributed by atoms with E-state index in [0.29, 0.717) is 46.2 Å². The number of aromatic nitrogens is 1. The van der Waals surface area contributed by atoms with Crippen molar-refractivity contribution in [2.45, 2.75) is 25.1 Å². The molecule has 0 unspecified atom stereocenters. The topological polar surface area (TPSA) is 108 Å². The molecule has 1 aliphatic rings. The van der Waals surface area contributed by atoms with E-state index in [0.717, 1.165) is 5.56 Å². The zero-order valence-electron chi connectivity index (χ0n) is 19.9. The predicted molar refractivity (Wildman–Crippen MR) is 144 cm³/mol. The minimum Gasteiger partial charge on any atom is -0.348 e. The fraction of sp³-hybridized carbons (Fsp3) is 0.269. The van der Waals surface area contributed by atoms with Crippen molar-refractivity contribution in [2.24, 2.45) is 5.92 Å². The van der Waals surface area contributed by atoms with Crippen LogP contribution in [0.5, 0.6) is 0 Å². The molecule has 0 atom stereocenters. The zero-order valence-corrected chi connectivity index (χ0v) is 22.2. The average molecular weight is 561 g/mol. The van der Waals surface area contributed by atoms with Crippen LogP contribution in [0, 0.1) is 5.92 Å². The number of benzene rings is 2. The number of halogens is 2. The molecule has 2 N–H and O–H groups in total. The lowest BCUT2D eigenvalue weighted by atomic mass is 9.97. The van der Waals surface area contributed by atoms with E-state index in [2.05, 4.69) is 15.6 Å². The van der Waals surface area contributed by atoms with Crippen LogP contribution in [-0.4, -0.2) is 42.6 Å². The highest BCUT2D eigenvalue weighted by Gasteiger charge is 2.31. The van der Waals surface area contributed by atoms with Gasteiger partial charge in [-0.25, -0.2) is 12.7 Å². The van der Waals surface area contributed by atoms with Gasteiger partial charge in [0.15, 0.2) is 0 Å². The summed E-state index contributed by atoms with van der Waals surface area (Å²) in [6.07, 6.45) is 4.08. The highest BCUT2D eigenvalue weighted by atomic mass is 35.5. The lowest BCUT2D eigenvalue weighted by Crippen LogP contribution is -2.42. The van der Waals surface area contributed by atoms with Gasteiger partial charge in [-0.1, -0.05) is 47.5 Å². The Kier molecular flexibility index (Phi) is 8.81. The molecule has 1 fully saturated rings. The second-order valence-corrected chi connectivity index (χ2v) is 11.5. The van der Waals surface area contributed by atoms with E-state index in [1.807, 2.05) is 6.07 Å². The fourth-order valence-electron chi connectivity index (χ4n) is 4.13. The van der Waals surface area contributed by atoms with Gasteiger partial charge < -0.3 is 10.6 Å². The van der Waals surface area contributed by atoms with Crippen LogP contribution < -0.4 is 10.6 Å². The van der Waals surface area contributed by atoms with Crippen molar-refractivity contribution in [2.75, 3.05) is 18.4 Å². The first-order valence-electron chi connectivity index (χ1n) is 11.7. The van der Waals surface area contributed by atoms with Crippen molar-refractivity contribution in [1.82, 2.24) is 14.6 Å². The summed E-state index contributed by atoms with van der Waals surface area (Å²) in [7, 11) is -3.58. The smallest absolute Gasteiger partial charge is 0.253 e. The Bertz CT molecular complexity index is 1380. The normalized spacial score (nSPS) is 14.8. The minimum absolute atomic E-state index is 0.192. The van der Waals surface area contributed by atoms with Crippen LogP contribution in [0.25, 0.3) is 0 Å². The summed E-state index contributed by atoms with van der Waals surface area (Å²) in [5.41, 5.74) is 2.16. The second kappa shape index (κ2) is 12.0. The van der Waals surface area contributed by atoms with Crippen molar-refractivity contribution < 1.29 is 18.0 Å². The molecule has 1 aromatic heterocycles. The summed E-state index contributed by atoms with van der Waals surface area (Å²) in [5, 5.41) is 6.36. The Labute approximate surface area is 226 Å². The number of nitrogens with zero attached hydrogens (tertiary/aromatic N) is 2. The van der Waals surface area contributed by atoms with Crippen LogP contribution in [0.2, 0.25) is 10.0 Å². The number of carbonyl (C=O) groups is 2. The van der Waals surface area contributed by atoms with Crippen molar-refractivity contribution >= 4 is 50.7 Å². The first kappa shape index (κ1) is 27.1. The molecule has 0 bridgehead atoms. The number of amides is 2. The number of para-hydroxylation sites is 1. The summed E-state index contributed by atoms with van der Waals surface area (Å²) in [4.78, 5) is 29.8. The van der Waals surface area contributed by atoms with Gasteiger partial charge >= 0.3 is 0 Å². The second-order valence-electron chi connectivity index (χ2n) is 8.76. The summed E-state index contributed by atoms with van der Waals surface area (Å²) in [6.45, 7) is 0.772. The van der Waals surface area contributed by atoms with Crippen molar-refractivity contribution in [3.05, 3.63) is 93.7 Å². The molecule has 4 rings (SSSR count). The van der Waals surface area contributed by atoms with Gasteiger partial charge in [-0.3, -0.25) is 14.6 Å². The van der Waals surface area contributed by atoms with Crippen LogP contribution in [0.1, 0.15) is 34.3 Å². The van der Waals surface area contributed by atoms with Gasteiger partial charge in [0.25, 0.3) is 5.91 Å². The maximum Gasteiger partial charge on any atom is 0.253 e. The van der Waals surface area contributed by atoms with Gasteiger partial charge in [-0.2, -0.15) is 0 Å². The van der Waals surface area contributed by atoms with Gasteiger partial charge in [0, 0.05) is 37.9 Å². The number of hydrogen-bond acceptors (Lipinski definition) is 5. The highest BCUT2D eigenvalue weighted by Crippen LogP contribution is 2.27. The molecule has 1 aliphatic heterocycles. The van der Waals surface area contributed by atoms with Crippen molar-refractivity contribution in [3.63, 3.8) is 0 Å². The zero-order chi connectivity index (χ0) is 26.4. The molecule has 3 aromatic rings. The Morgan fingerprint density at radius 1 is 0.973 bits per heavy atom. The third-order valence-electron chi connectivity index (χ3n) is 6.16. The van der Waals surface area contributed by atoms with Crippen LogP contribution in [-0.2, 0) is 27.1 Å². The first-order chi connectivity index (χ1) is 17.7. The fourth-order valence-corrected chi connectivity index (χ4v) is 6.00. The SMILES string of the molecule is O=C(NCc1cccnc1)c1ccccc1NC(=O)C1CCN(S(=O)(=O)Cc2ccc(Cl)c(Cl)c2)CC1. The molecule has 0 spiro atoms. The van der Waals surface area contributed by atoms with Gasteiger partial charge in [0.2, 0.25) is 15.9 Å². The monoisotopic (exact) mass is 560 g/mol. The largest absolute Gasteiger partial charge is 0.348 e. The molecular weight excluding hydrogens is 535 g/mol. The third-order valence-corrected chi connectivity index (χ3v) is 8.75. The molecule has 2 aromatic carbocycles. The van der Waals surface area contributed by atoms with Crippen LogP contribution >= 0.6 is 23.2 Å². The number of hydrogen-bond donors (Lipinski definition) is 2. The molecule has 2 amide bonds.